The molecule has 0 unspecified atom stereocenters. The molecule has 5 nitrogen and oxygen atoms in total. The van der Waals surface area contributed by atoms with E-state index in [-0.39, 0.29) is 11.4 Å². The first-order valence-corrected chi connectivity index (χ1v) is 5.49. The minimum absolute atomic E-state index is 0.233. The zero-order chi connectivity index (χ0) is 12.2. The average molecular weight is 225 g/mol. The van der Waals surface area contributed by atoms with Crippen LogP contribution in [0, 0.1) is 6.92 Å². The quantitative estimate of drug-likeness (QED) is 0.789. The molecule has 1 amide bonds. The monoisotopic (exact) mass is 225 g/mol. The van der Waals surface area contributed by atoms with Crippen molar-refractivity contribution < 1.29 is 9.21 Å². The van der Waals surface area contributed by atoms with Crippen LogP contribution in [0.4, 0.5) is 0 Å². The maximum atomic E-state index is 11.7. The molecule has 0 saturated heterocycles. The zero-order valence-electron chi connectivity index (χ0n) is 10.0. The van der Waals surface area contributed by atoms with E-state index in [4.69, 9.17) is 10.2 Å². The topological polar surface area (TPSA) is 81.1 Å². The molecule has 0 aliphatic heterocycles. The van der Waals surface area contributed by atoms with E-state index in [9.17, 15) is 4.79 Å². The Kier molecular flexibility index (Phi) is 4.06. The number of carbonyl (C=O) groups excluding carboxylic acids is 1. The molecule has 0 aliphatic rings. The molecule has 0 aliphatic carbocycles. The molecular weight excluding hydrogens is 206 g/mol. The van der Waals surface area contributed by atoms with Gasteiger partial charge in [-0.25, -0.2) is 4.98 Å². The summed E-state index contributed by atoms with van der Waals surface area (Å²) in [6.45, 7) is 6.18. The first kappa shape index (κ1) is 12.7. The lowest BCUT2D eigenvalue weighted by Gasteiger charge is -2.26. The number of oxazole rings is 1. The van der Waals surface area contributed by atoms with E-state index >= 15 is 0 Å². The average Bonchev–Trinajstić information content (AvgIpc) is 2.72. The molecule has 0 spiro atoms. The van der Waals surface area contributed by atoms with Crippen molar-refractivity contribution in [3.05, 3.63) is 17.8 Å². The Bertz CT molecular complexity index is 356. The normalized spacial score (nSPS) is 11.5. The van der Waals surface area contributed by atoms with Gasteiger partial charge in [-0.1, -0.05) is 13.8 Å². The third-order valence-corrected chi connectivity index (χ3v) is 2.97. The number of aryl methyl sites for hydroxylation is 1. The van der Waals surface area contributed by atoms with Gasteiger partial charge >= 0.3 is 0 Å². The van der Waals surface area contributed by atoms with Gasteiger partial charge in [0.05, 0.1) is 0 Å². The highest BCUT2D eigenvalue weighted by Gasteiger charge is 2.22. The van der Waals surface area contributed by atoms with E-state index in [1.54, 1.807) is 6.92 Å². The Hall–Kier alpha value is -1.36. The van der Waals surface area contributed by atoms with Crippen molar-refractivity contribution in [2.45, 2.75) is 39.2 Å². The molecule has 3 N–H and O–H groups in total. The summed E-state index contributed by atoms with van der Waals surface area (Å²) in [7, 11) is 0. The molecule has 0 aromatic carbocycles. The van der Waals surface area contributed by atoms with Crippen LogP contribution in [0.1, 0.15) is 42.9 Å². The van der Waals surface area contributed by atoms with Gasteiger partial charge < -0.3 is 15.5 Å². The van der Waals surface area contributed by atoms with Gasteiger partial charge in [0.15, 0.2) is 12.1 Å². The molecule has 0 bridgehead atoms. The standard InChI is InChI=1S/C11H19N3O2/c1-4-11(12,5-2)6-13-10(15)9-8(3)16-7-14-9/h7H,4-6,12H2,1-3H3,(H,13,15). The molecule has 5 heteroatoms. The number of hydrogen-bond acceptors (Lipinski definition) is 4. The smallest absolute Gasteiger partial charge is 0.273 e. The first-order valence-electron chi connectivity index (χ1n) is 5.49. The van der Waals surface area contributed by atoms with Gasteiger partial charge in [-0.3, -0.25) is 4.79 Å². The van der Waals surface area contributed by atoms with Crippen LogP contribution < -0.4 is 11.1 Å². The van der Waals surface area contributed by atoms with Crippen LogP contribution in [0.25, 0.3) is 0 Å². The van der Waals surface area contributed by atoms with Crippen LogP contribution in [0.3, 0.4) is 0 Å². The lowest BCUT2D eigenvalue weighted by atomic mass is 9.94. The summed E-state index contributed by atoms with van der Waals surface area (Å²) >= 11 is 0. The van der Waals surface area contributed by atoms with E-state index in [0.29, 0.717) is 18.0 Å². The fourth-order valence-corrected chi connectivity index (χ4v) is 1.36. The van der Waals surface area contributed by atoms with Gasteiger partial charge in [-0.2, -0.15) is 0 Å². The molecule has 90 valence electrons. The number of carbonyl (C=O) groups is 1. The maximum Gasteiger partial charge on any atom is 0.273 e. The molecule has 1 heterocycles. The predicted octanol–water partition coefficient (Wildman–Crippen LogP) is 1.23. The van der Waals surface area contributed by atoms with Crippen molar-refractivity contribution in [1.29, 1.82) is 0 Å². The molecule has 1 aromatic rings. The molecule has 1 rings (SSSR count). The van der Waals surface area contributed by atoms with Gasteiger partial charge in [0, 0.05) is 12.1 Å². The highest BCUT2D eigenvalue weighted by molar-refractivity contribution is 5.93. The van der Waals surface area contributed by atoms with Gasteiger partial charge in [0.1, 0.15) is 5.76 Å². The Morgan fingerprint density at radius 3 is 2.62 bits per heavy atom. The Morgan fingerprint density at radius 1 is 1.56 bits per heavy atom. The summed E-state index contributed by atoms with van der Waals surface area (Å²) in [6, 6.07) is 0. The second-order valence-corrected chi connectivity index (χ2v) is 4.01. The predicted molar refractivity (Wildman–Crippen MR) is 61.1 cm³/mol. The second-order valence-electron chi connectivity index (χ2n) is 4.01. The van der Waals surface area contributed by atoms with E-state index in [2.05, 4.69) is 10.3 Å². The Labute approximate surface area is 95.4 Å². The second kappa shape index (κ2) is 5.12. The van der Waals surface area contributed by atoms with Gasteiger partial charge in [0.2, 0.25) is 0 Å². The summed E-state index contributed by atoms with van der Waals surface area (Å²) in [4.78, 5) is 15.6. The molecular formula is C11H19N3O2. The van der Waals surface area contributed by atoms with Crippen LogP contribution in [0.5, 0.6) is 0 Å². The minimum Gasteiger partial charge on any atom is -0.448 e. The molecule has 0 atom stereocenters. The Balaban J connectivity index is 2.57. The fourth-order valence-electron chi connectivity index (χ4n) is 1.36. The lowest BCUT2D eigenvalue weighted by molar-refractivity contribution is 0.0936. The van der Waals surface area contributed by atoms with E-state index < -0.39 is 0 Å². The highest BCUT2D eigenvalue weighted by Crippen LogP contribution is 2.10. The molecule has 0 fully saturated rings. The van der Waals surface area contributed by atoms with Crippen molar-refractivity contribution in [2.24, 2.45) is 5.73 Å². The van der Waals surface area contributed by atoms with Crippen LogP contribution in [0.2, 0.25) is 0 Å². The number of nitrogens with zero attached hydrogens (tertiary/aromatic N) is 1. The van der Waals surface area contributed by atoms with Crippen LogP contribution in [-0.4, -0.2) is 23.0 Å². The highest BCUT2D eigenvalue weighted by atomic mass is 16.3. The summed E-state index contributed by atoms with van der Waals surface area (Å²) in [5, 5.41) is 2.78. The van der Waals surface area contributed by atoms with Gasteiger partial charge in [-0.15, -0.1) is 0 Å². The molecule has 16 heavy (non-hydrogen) atoms. The van der Waals surface area contributed by atoms with Crippen molar-refractivity contribution in [3.63, 3.8) is 0 Å². The summed E-state index contributed by atoms with van der Waals surface area (Å²) in [5.74, 6) is 0.288. The lowest BCUT2D eigenvalue weighted by Crippen LogP contribution is -2.49. The van der Waals surface area contributed by atoms with Crippen molar-refractivity contribution in [1.82, 2.24) is 10.3 Å². The number of rotatable bonds is 5. The number of hydrogen-bond donors (Lipinski definition) is 2. The van der Waals surface area contributed by atoms with Crippen LogP contribution in [-0.2, 0) is 0 Å². The largest absolute Gasteiger partial charge is 0.448 e. The van der Waals surface area contributed by atoms with Crippen molar-refractivity contribution in [2.75, 3.05) is 6.54 Å². The third kappa shape index (κ3) is 2.82. The third-order valence-electron chi connectivity index (χ3n) is 2.97. The first-order chi connectivity index (χ1) is 7.52. The van der Waals surface area contributed by atoms with Crippen molar-refractivity contribution in [3.8, 4) is 0 Å². The number of nitrogens with one attached hydrogen (secondary N) is 1. The Morgan fingerprint density at radius 2 is 2.19 bits per heavy atom. The fraction of sp³-hybridized carbons (Fsp3) is 0.636. The van der Waals surface area contributed by atoms with Crippen LogP contribution >= 0.6 is 0 Å². The van der Waals surface area contributed by atoms with E-state index in [0.717, 1.165) is 12.8 Å². The molecule has 0 radical (unpaired) electrons. The number of aromatic nitrogens is 1. The zero-order valence-corrected chi connectivity index (χ0v) is 10.0. The summed E-state index contributed by atoms with van der Waals surface area (Å²) in [5.41, 5.74) is 6.07. The minimum atomic E-state index is -0.340. The summed E-state index contributed by atoms with van der Waals surface area (Å²) in [6.07, 6.45) is 2.91. The number of amides is 1. The van der Waals surface area contributed by atoms with Gasteiger partial charge in [-0.05, 0) is 19.8 Å². The summed E-state index contributed by atoms with van der Waals surface area (Å²) < 4.78 is 4.97. The number of nitrogens with two attached hydrogens (primary N) is 1. The maximum absolute atomic E-state index is 11.7. The SMILES string of the molecule is CCC(N)(CC)CNC(=O)c1ncoc1C. The van der Waals surface area contributed by atoms with Crippen LogP contribution in [0.15, 0.2) is 10.8 Å². The molecule has 0 saturated carbocycles. The van der Waals surface area contributed by atoms with Crippen molar-refractivity contribution >= 4 is 5.91 Å². The van der Waals surface area contributed by atoms with E-state index in [1.807, 2.05) is 13.8 Å². The van der Waals surface area contributed by atoms with E-state index in [1.165, 1.54) is 6.39 Å². The van der Waals surface area contributed by atoms with Gasteiger partial charge in [0.25, 0.3) is 5.91 Å². The molecule has 1 aromatic heterocycles.